The van der Waals surface area contributed by atoms with Gasteiger partial charge in [-0.05, 0) is 38.1 Å². The third kappa shape index (κ3) is 6.19. The van der Waals surface area contributed by atoms with Crippen molar-refractivity contribution >= 4 is 11.9 Å². The number of esters is 2. The highest BCUT2D eigenvalue weighted by Gasteiger charge is 2.19. The second-order valence-corrected chi connectivity index (χ2v) is 7.33. The zero-order valence-corrected chi connectivity index (χ0v) is 17.0. The lowest BCUT2D eigenvalue weighted by molar-refractivity contribution is -0.149. The van der Waals surface area contributed by atoms with Gasteiger partial charge in [0, 0.05) is 5.56 Å². The first kappa shape index (κ1) is 22.1. The number of carbonyl (C=O) groups is 2. The molecule has 0 atom stereocenters. The van der Waals surface area contributed by atoms with Crippen LogP contribution < -0.4 is 0 Å². The normalized spacial score (nSPS) is 11.2. The average molecular weight is 428 g/mol. The van der Waals surface area contributed by atoms with Crippen LogP contribution in [0.3, 0.4) is 0 Å². The molecule has 0 amide bonds. The van der Waals surface area contributed by atoms with Crippen LogP contribution in [0, 0.1) is 5.82 Å². The standard InChI is InChI=1S/C22H21FN2O6/c1-22(2,28)13-18(26)29-10-11-30-21(27)15-7-5-6-14(12-15)19-24-20(31-25-19)16-8-3-4-9-17(16)23/h3-9,12,28H,10-11,13H2,1-2H3. The van der Waals surface area contributed by atoms with Crippen LogP contribution in [0.15, 0.2) is 53.1 Å². The van der Waals surface area contributed by atoms with Crippen LogP contribution in [0.4, 0.5) is 4.39 Å². The summed E-state index contributed by atoms with van der Waals surface area (Å²) in [5.74, 6) is -1.49. The first-order chi connectivity index (χ1) is 14.7. The van der Waals surface area contributed by atoms with Crippen LogP contribution in [0.25, 0.3) is 22.8 Å². The van der Waals surface area contributed by atoms with Crippen molar-refractivity contribution in [1.29, 1.82) is 0 Å². The molecule has 1 aromatic heterocycles. The number of rotatable bonds is 8. The van der Waals surface area contributed by atoms with Crippen LogP contribution in [0.1, 0.15) is 30.6 Å². The molecule has 3 aromatic rings. The molecule has 0 radical (unpaired) electrons. The van der Waals surface area contributed by atoms with Gasteiger partial charge in [-0.1, -0.05) is 29.4 Å². The van der Waals surface area contributed by atoms with Crippen molar-refractivity contribution in [3.05, 3.63) is 59.9 Å². The van der Waals surface area contributed by atoms with E-state index in [2.05, 4.69) is 10.1 Å². The van der Waals surface area contributed by atoms with Gasteiger partial charge in [0.25, 0.3) is 5.89 Å². The molecule has 0 aliphatic heterocycles. The molecule has 1 N–H and O–H groups in total. The number of aromatic nitrogens is 2. The van der Waals surface area contributed by atoms with Crippen molar-refractivity contribution in [2.75, 3.05) is 13.2 Å². The van der Waals surface area contributed by atoms with E-state index in [4.69, 9.17) is 14.0 Å². The Balaban J connectivity index is 1.60. The highest BCUT2D eigenvalue weighted by atomic mass is 19.1. The number of benzene rings is 2. The molecule has 0 aliphatic rings. The Morgan fingerprint density at radius 1 is 1.10 bits per heavy atom. The first-order valence-electron chi connectivity index (χ1n) is 9.47. The van der Waals surface area contributed by atoms with Gasteiger partial charge in [0.2, 0.25) is 5.82 Å². The van der Waals surface area contributed by atoms with Crippen LogP contribution in [0.5, 0.6) is 0 Å². The first-order valence-corrected chi connectivity index (χ1v) is 9.47. The molecule has 31 heavy (non-hydrogen) atoms. The lowest BCUT2D eigenvalue weighted by Crippen LogP contribution is -2.25. The summed E-state index contributed by atoms with van der Waals surface area (Å²) in [6, 6.07) is 12.4. The zero-order valence-electron chi connectivity index (χ0n) is 17.0. The Hall–Kier alpha value is -3.59. The van der Waals surface area contributed by atoms with E-state index in [1.54, 1.807) is 30.3 Å². The Bertz CT molecular complexity index is 1070. The number of nitrogens with zero attached hydrogens (tertiary/aromatic N) is 2. The van der Waals surface area contributed by atoms with Crippen molar-refractivity contribution in [2.24, 2.45) is 0 Å². The minimum Gasteiger partial charge on any atom is -0.462 e. The van der Waals surface area contributed by atoms with E-state index in [-0.39, 0.29) is 42.5 Å². The zero-order chi connectivity index (χ0) is 22.4. The fourth-order valence-electron chi connectivity index (χ4n) is 2.65. The van der Waals surface area contributed by atoms with Crippen LogP contribution in [-0.4, -0.2) is 46.0 Å². The third-order valence-corrected chi connectivity index (χ3v) is 4.04. The molecule has 0 spiro atoms. The Labute approximate surface area is 177 Å². The fourth-order valence-corrected chi connectivity index (χ4v) is 2.65. The van der Waals surface area contributed by atoms with Gasteiger partial charge in [-0.15, -0.1) is 0 Å². The minimum atomic E-state index is -1.17. The number of halogens is 1. The van der Waals surface area contributed by atoms with Gasteiger partial charge in [-0.3, -0.25) is 4.79 Å². The summed E-state index contributed by atoms with van der Waals surface area (Å²) in [6.45, 7) is 2.71. The second-order valence-electron chi connectivity index (χ2n) is 7.33. The van der Waals surface area contributed by atoms with E-state index in [9.17, 15) is 19.1 Å². The molecule has 0 fully saturated rings. The molecular weight excluding hydrogens is 407 g/mol. The van der Waals surface area contributed by atoms with Gasteiger partial charge in [0.15, 0.2) is 0 Å². The molecule has 0 unspecified atom stereocenters. The van der Waals surface area contributed by atoms with E-state index < -0.39 is 23.4 Å². The van der Waals surface area contributed by atoms with Crippen LogP contribution in [-0.2, 0) is 14.3 Å². The number of hydrogen-bond donors (Lipinski definition) is 1. The van der Waals surface area contributed by atoms with Crippen molar-refractivity contribution in [1.82, 2.24) is 10.1 Å². The molecule has 0 saturated heterocycles. The van der Waals surface area contributed by atoms with Gasteiger partial charge in [-0.2, -0.15) is 4.98 Å². The predicted molar refractivity (Wildman–Crippen MR) is 107 cm³/mol. The summed E-state index contributed by atoms with van der Waals surface area (Å²) in [5.41, 5.74) is -0.277. The van der Waals surface area contributed by atoms with Crippen LogP contribution >= 0.6 is 0 Å². The highest BCUT2D eigenvalue weighted by molar-refractivity contribution is 5.90. The third-order valence-electron chi connectivity index (χ3n) is 4.04. The van der Waals surface area contributed by atoms with Gasteiger partial charge >= 0.3 is 11.9 Å². The lowest BCUT2D eigenvalue weighted by atomic mass is 10.1. The Kier molecular flexibility index (Phi) is 6.76. The fraction of sp³-hybridized carbons (Fsp3) is 0.273. The Morgan fingerprint density at radius 2 is 1.84 bits per heavy atom. The molecule has 0 bridgehead atoms. The quantitative estimate of drug-likeness (QED) is 0.429. The van der Waals surface area contributed by atoms with Crippen molar-refractivity contribution in [2.45, 2.75) is 25.9 Å². The van der Waals surface area contributed by atoms with E-state index in [0.29, 0.717) is 5.56 Å². The lowest BCUT2D eigenvalue weighted by Gasteiger charge is -2.15. The average Bonchev–Trinajstić information content (AvgIpc) is 3.20. The maximum absolute atomic E-state index is 13.9. The van der Waals surface area contributed by atoms with E-state index in [1.807, 2.05) is 0 Å². The minimum absolute atomic E-state index is 0.0222. The number of carbonyl (C=O) groups excluding carboxylic acids is 2. The SMILES string of the molecule is CC(C)(O)CC(=O)OCCOC(=O)c1cccc(-c2noc(-c3ccccc3F)n2)c1. The molecule has 8 nitrogen and oxygen atoms in total. The summed E-state index contributed by atoms with van der Waals surface area (Å²) in [6.07, 6.45) is -0.164. The largest absolute Gasteiger partial charge is 0.462 e. The number of aliphatic hydroxyl groups is 1. The summed E-state index contributed by atoms with van der Waals surface area (Å²) < 4.78 is 29.1. The number of hydrogen-bond acceptors (Lipinski definition) is 8. The maximum Gasteiger partial charge on any atom is 0.338 e. The van der Waals surface area contributed by atoms with Crippen molar-refractivity contribution < 1.29 is 33.1 Å². The van der Waals surface area contributed by atoms with Gasteiger partial charge in [-0.25, -0.2) is 9.18 Å². The molecule has 9 heteroatoms. The van der Waals surface area contributed by atoms with Gasteiger partial charge in [0.05, 0.1) is 23.1 Å². The molecular formula is C22H21FN2O6. The summed E-state index contributed by atoms with van der Waals surface area (Å²) >= 11 is 0. The topological polar surface area (TPSA) is 112 Å². The predicted octanol–water partition coefficient (Wildman–Crippen LogP) is 3.40. The molecule has 3 rings (SSSR count). The van der Waals surface area contributed by atoms with Crippen molar-refractivity contribution in [3.8, 4) is 22.8 Å². The molecule has 0 aliphatic carbocycles. The smallest absolute Gasteiger partial charge is 0.338 e. The monoisotopic (exact) mass is 428 g/mol. The summed E-state index contributed by atoms with van der Waals surface area (Å²) in [4.78, 5) is 28.0. The molecule has 1 heterocycles. The van der Waals surface area contributed by atoms with E-state index in [0.717, 1.165) is 0 Å². The van der Waals surface area contributed by atoms with E-state index in [1.165, 1.54) is 32.0 Å². The Morgan fingerprint density at radius 3 is 2.58 bits per heavy atom. The van der Waals surface area contributed by atoms with Crippen LogP contribution in [0.2, 0.25) is 0 Å². The highest BCUT2D eigenvalue weighted by Crippen LogP contribution is 2.24. The van der Waals surface area contributed by atoms with Gasteiger partial charge in [0.1, 0.15) is 19.0 Å². The second kappa shape index (κ2) is 9.48. The van der Waals surface area contributed by atoms with E-state index >= 15 is 0 Å². The molecule has 0 saturated carbocycles. The number of ether oxygens (including phenoxy) is 2. The maximum atomic E-state index is 13.9. The molecule has 162 valence electrons. The van der Waals surface area contributed by atoms with Gasteiger partial charge < -0.3 is 19.1 Å². The molecule has 2 aromatic carbocycles. The summed E-state index contributed by atoms with van der Waals surface area (Å²) in [5, 5.41) is 13.4. The summed E-state index contributed by atoms with van der Waals surface area (Å²) in [7, 11) is 0. The van der Waals surface area contributed by atoms with Crippen molar-refractivity contribution in [3.63, 3.8) is 0 Å².